The van der Waals surface area contributed by atoms with E-state index < -0.39 is 0 Å². The Morgan fingerprint density at radius 3 is 2.10 bits per heavy atom. The molecule has 4 nitrogen and oxygen atoms in total. The number of halogens is 1. The monoisotopic (exact) mass is 302 g/mol. The van der Waals surface area contributed by atoms with Gasteiger partial charge < -0.3 is 19.7 Å². The molecule has 5 heteroatoms. The third-order valence-corrected chi connectivity index (χ3v) is 3.40. The van der Waals surface area contributed by atoms with Crippen LogP contribution in [0.5, 0.6) is 11.5 Å². The van der Waals surface area contributed by atoms with Gasteiger partial charge in [-0.3, -0.25) is 0 Å². The predicted octanol–water partition coefficient (Wildman–Crippen LogP) is 2.67. The highest BCUT2D eigenvalue weighted by Gasteiger charge is 2.13. The van der Waals surface area contributed by atoms with Gasteiger partial charge in [-0.05, 0) is 38.3 Å². The number of benzene rings is 1. The lowest BCUT2D eigenvalue weighted by molar-refractivity contribution is 0.144. The van der Waals surface area contributed by atoms with E-state index in [1.54, 1.807) is 6.07 Å². The van der Waals surface area contributed by atoms with Crippen molar-refractivity contribution in [3.8, 4) is 11.5 Å². The highest BCUT2D eigenvalue weighted by atomic mass is 35.5. The molecule has 0 spiro atoms. The number of aryl methyl sites for hydroxylation is 1. The average molecular weight is 303 g/mol. The fourth-order valence-corrected chi connectivity index (χ4v) is 2.15. The van der Waals surface area contributed by atoms with E-state index in [0.29, 0.717) is 42.6 Å². The number of aliphatic hydroxyl groups excluding tert-OH is 2. The van der Waals surface area contributed by atoms with Crippen LogP contribution in [-0.2, 0) is 6.42 Å². The van der Waals surface area contributed by atoms with Gasteiger partial charge in [-0.25, -0.2) is 0 Å². The van der Waals surface area contributed by atoms with E-state index in [-0.39, 0.29) is 19.1 Å². The quantitative estimate of drug-likeness (QED) is 0.736. The van der Waals surface area contributed by atoms with Gasteiger partial charge in [0.2, 0.25) is 0 Å². The zero-order chi connectivity index (χ0) is 15.0. The first-order valence-corrected chi connectivity index (χ1v) is 7.33. The zero-order valence-corrected chi connectivity index (χ0v) is 12.8. The largest absolute Gasteiger partial charge is 0.490 e. The molecular weight excluding hydrogens is 280 g/mol. The highest BCUT2D eigenvalue weighted by molar-refractivity contribution is 6.31. The first kappa shape index (κ1) is 17.1. The van der Waals surface area contributed by atoms with E-state index in [0.717, 1.165) is 5.56 Å². The van der Waals surface area contributed by atoms with Gasteiger partial charge >= 0.3 is 0 Å². The summed E-state index contributed by atoms with van der Waals surface area (Å²) in [6, 6.07) is 3.64. The molecule has 0 radical (unpaired) electrons. The van der Waals surface area contributed by atoms with E-state index >= 15 is 0 Å². The zero-order valence-electron chi connectivity index (χ0n) is 12.1. The Morgan fingerprint density at radius 1 is 1.05 bits per heavy atom. The summed E-state index contributed by atoms with van der Waals surface area (Å²) in [5.74, 6) is 1.20. The Kier molecular flexibility index (Phi) is 7.73. The number of hydrogen-bond acceptors (Lipinski definition) is 4. The van der Waals surface area contributed by atoms with Gasteiger partial charge in [0, 0.05) is 30.2 Å². The van der Waals surface area contributed by atoms with Crippen LogP contribution in [0.25, 0.3) is 0 Å². The molecule has 0 fully saturated rings. The van der Waals surface area contributed by atoms with Crippen molar-refractivity contribution in [3.63, 3.8) is 0 Å². The molecule has 20 heavy (non-hydrogen) atoms. The van der Waals surface area contributed by atoms with Crippen LogP contribution in [0.15, 0.2) is 12.1 Å². The predicted molar refractivity (Wildman–Crippen MR) is 79.8 cm³/mol. The molecule has 0 aliphatic carbocycles. The molecule has 0 aromatic heterocycles. The van der Waals surface area contributed by atoms with Crippen molar-refractivity contribution < 1.29 is 19.7 Å². The molecule has 0 amide bonds. The third-order valence-electron chi connectivity index (χ3n) is 3.05. The smallest absolute Gasteiger partial charge is 0.162 e. The molecule has 0 bridgehead atoms. The van der Waals surface area contributed by atoms with Crippen LogP contribution in [0.1, 0.15) is 25.8 Å². The second-order valence-electron chi connectivity index (χ2n) is 4.53. The second kappa shape index (κ2) is 9.06. The van der Waals surface area contributed by atoms with Crippen LogP contribution in [0.3, 0.4) is 0 Å². The summed E-state index contributed by atoms with van der Waals surface area (Å²) in [5.41, 5.74) is 0.936. The molecule has 2 N–H and O–H groups in total. The van der Waals surface area contributed by atoms with E-state index in [9.17, 15) is 0 Å². The Hall–Kier alpha value is -0.970. The maximum atomic E-state index is 9.09. The van der Waals surface area contributed by atoms with Crippen molar-refractivity contribution in [2.24, 2.45) is 5.92 Å². The van der Waals surface area contributed by atoms with E-state index in [4.69, 9.17) is 31.3 Å². The molecule has 0 saturated carbocycles. The molecule has 0 saturated heterocycles. The van der Waals surface area contributed by atoms with Gasteiger partial charge in [-0.2, -0.15) is 0 Å². The van der Waals surface area contributed by atoms with E-state index in [1.165, 1.54) is 0 Å². The Balaban J connectivity index is 2.87. The Bertz CT molecular complexity index is 405. The van der Waals surface area contributed by atoms with Crippen molar-refractivity contribution in [2.45, 2.75) is 26.7 Å². The van der Waals surface area contributed by atoms with Crippen LogP contribution in [0.4, 0.5) is 0 Å². The third kappa shape index (κ3) is 4.85. The second-order valence-corrected chi connectivity index (χ2v) is 4.93. The number of ether oxygens (including phenoxy) is 2. The molecule has 1 aromatic rings. The van der Waals surface area contributed by atoms with Gasteiger partial charge in [0.05, 0.1) is 13.2 Å². The lowest BCUT2D eigenvalue weighted by atomic mass is 10.0. The molecule has 0 atom stereocenters. The summed E-state index contributed by atoms with van der Waals surface area (Å²) in [6.07, 6.45) is 1.35. The topological polar surface area (TPSA) is 58.9 Å². The van der Waals surface area contributed by atoms with E-state index in [1.807, 2.05) is 19.9 Å². The molecule has 0 aliphatic rings. The van der Waals surface area contributed by atoms with E-state index in [2.05, 4.69) is 0 Å². The molecule has 0 unspecified atom stereocenters. The van der Waals surface area contributed by atoms with Gasteiger partial charge in [0.15, 0.2) is 11.5 Å². The normalized spacial score (nSPS) is 10.9. The number of hydrogen-bond donors (Lipinski definition) is 2. The summed E-state index contributed by atoms with van der Waals surface area (Å²) >= 11 is 6.25. The van der Waals surface area contributed by atoms with Crippen molar-refractivity contribution in [3.05, 3.63) is 22.7 Å². The van der Waals surface area contributed by atoms with Gasteiger partial charge in [-0.1, -0.05) is 11.6 Å². The first-order chi connectivity index (χ1) is 9.65. The Morgan fingerprint density at radius 2 is 1.60 bits per heavy atom. The molecule has 1 aromatic carbocycles. The maximum Gasteiger partial charge on any atom is 0.162 e. The summed E-state index contributed by atoms with van der Waals surface area (Å²) in [4.78, 5) is 0. The molecule has 114 valence electrons. The van der Waals surface area contributed by atoms with Crippen LogP contribution in [0.2, 0.25) is 5.02 Å². The van der Waals surface area contributed by atoms with Crippen molar-refractivity contribution in [1.82, 2.24) is 0 Å². The van der Waals surface area contributed by atoms with Crippen molar-refractivity contribution in [2.75, 3.05) is 26.4 Å². The molecule has 1 rings (SSSR count). The number of aliphatic hydroxyl groups is 2. The minimum absolute atomic E-state index is 0.0243. The SMILES string of the molecule is CCOc1cc(Cl)c(CCC(CO)CO)cc1OCC. The minimum atomic E-state index is -0.117. The average Bonchev–Trinajstić information content (AvgIpc) is 2.44. The van der Waals surface area contributed by atoms with Crippen LogP contribution < -0.4 is 9.47 Å². The molecule has 0 aliphatic heterocycles. The molecule has 0 heterocycles. The van der Waals surface area contributed by atoms with Crippen LogP contribution >= 0.6 is 11.6 Å². The molecular formula is C15H23ClO4. The highest BCUT2D eigenvalue weighted by Crippen LogP contribution is 2.34. The van der Waals surface area contributed by atoms with Crippen LogP contribution in [0, 0.1) is 5.92 Å². The standard InChI is InChI=1S/C15H23ClO4/c1-3-19-14-7-12(6-5-11(9-17)10-18)13(16)8-15(14)20-4-2/h7-8,11,17-18H,3-6,9-10H2,1-2H3. The summed E-state index contributed by atoms with van der Waals surface area (Å²) < 4.78 is 11.1. The Labute approximate surface area is 125 Å². The fraction of sp³-hybridized carbons (Fsp3) is 0.600. The lowest BCUT2D eigenvalue weighted by Crippen LogP contribution is -2.12. The van der Waals surface area contributed by atoms with Gasteiger partial charge in [0.25, 0.3) is 0 Å². The van der Waals surface area contributed by atoms with Gasteiger partial charge in [0.1, 0.15) is 0 Å². The van der Waals surface area contributed by atoms with Gasteiger partial charge in [-0.15, -0.1) is 0 Å². The number of rotatable bonds is 9. The first-order valence-electron chi connectivity index (χ1n) is 6.95. The van der Waals surface area contributed by atoms with Crippen molar-refractivity contribution in [1.29, 1.82) is 0 Å². The van der Waals surface area contributed by atoms with Crippen LogP contribution in [-0.4, -0.2) is 36.6 Å². The summed E-state index contributed by atoms with van der Waals surface area (Å²) in [5, 5.41) is 18.8. The fourth-order valence-electron chi connectivity index (χ4n) is 1.91. The van der Waals surface area contributed by atoms with Crippen molar-refractivity contribution >= 4 is 11.6 Å². The maximum absolute atomic E-state index is 9.09. The summed E-state index contributed by atoms with van der Waals surface area (Å²) in [7, 11) is 0. The minimum Gasteiger partial charge on any atom is -0.490 e. The lowest BCUT2D eigenvalue weighted by Gasteiger charge is -2.15. The summed E-state index contributed by atoms with van der Waals surface area (Å²) in [6.45, 7) is 4.87.